The fourth-order valence-corrected chi connectivity index (χ4v) is 3.71. The number of carbonyl (C=O) groups is 3. The van der Waals surface area contributed by atoms with E-state index in [4.69, 9.17) is 14.6 Å². The van der Waals surface area contributed by atoms with E-state index in [2.05, 4.69) is 0 Å². The Labute approximate surface area is 237 Å². The first-order valence-corrected chi connectivity index (χ1v) is 12.5. The Bertz CT molecular complexity index is 651. The highest BCUT2D eigenvalue weighted by Crippen LogP contribution is 2.24. The third-order valence-electron chi connectivity index (χ3n) is 5.43. The predicted octanol–water partition coefficient (Wildman–Crippen LogP) is 6.98. The van der Waals surface area contributed by atoms with Crippen molar-refractivity contribution in [2.45, 2.75) is 150 Å². The number of morpholine rings is 1. The van der Waals surface area contributed by atoms with Gasteiger partial charge < -0.3 is 19.5 Å². The van der Waals surface area contributed by atoms with E-state index >= 15 is 0 Å². The van der Waals surface area contributed by atoms with Gasteiger partial charge in [-0.05, 0) is 33.6 Å². The van der Waals surface area contributed by atoms with Crippen LogP contribution in [-0.4, -0.2) is 71.6 Å². The van der Waals surface area contributed by atoms with Crippen molar-refractivity contribution in [3.05, 3.63) is 0 Å². The first-order valence-electron chi connectivity index (χ1n) is 12.5. The molecule has 2 heterocycles. The van der Waals surface area contributed by atoms with E-state index < -0.39 is 11.5 Å². The summed E-state index contributed by atoms with van der Waals surface area (Å²) in [6.07, 6.45) is 1.32. The van der Waals surface area contributed by atoms with Crippen molar-refractivity contribution in [3.63, 3.8) is 0 Å². The zero-order chi connectivity index (χ0) is 27.1. The molecule has 0 spiro atoms. The number of Topliss-reactive ketones (excluding diaryl/α,β-unsaturated/α-hetero) is 2. The van der Waals surface area contributed by atoms with E-state index in [1.54, 1.807) is 20.8 Å². The standard InChI is InChI=1S/C11H21NO2.C9H16O2.C7H14O2.4CH4/c1-8-6-12(7-9(2)14-8)10(13)11(3,4)5;1-9(2,3)8(10)7-5-4-6-11-7;1-5(8)6(9)7(2,3)4;;;;/h8-9H,6-7H2,1-5H3;7H,4-6H2,1-3H3;5,8H,1-4H3;4*1H4/t8-,9+;;5-;;;;/m..0..../s1. The van der Waals surface area contributed by atoms with Gasteiger partial charge >= 0.3 is 0 Å². The molecule has 0 aromatic rings. The van der Waals surface area contributed by atoms with E-state index in [1.165, 1.54) is 6.92 Å². The van der Waals surface area contributed by atoms with Gasteiger partial charge in [0.05, 0.1) is 12.2 Å². The molecule has 0 aliphatic carbocycles. The fraction of sp³-hybridized carbons (Fsp3) is 0.903. The van der Waals surface area contributed by atoms with E-state index in [1.807, 2.05) is 60.3 Å². The molecule has 2 saturated heterocycles. The molecule has 1 unspecified atom stereocenters. The summed E-state index contributed by atoms with van der Waals surface area (Å²) >= 11 is 0. The summed E-state index contributed by atoms with van der Waals surface area (Å²) in [6, 6.07) is 0. The van der Waals surface area contributed by atoms with Crippen LogP contribution in [0.5, 0.6) is 0 Å². The maximum Gasteiger partial charge on any atom is 0.228 e. The Kier molecular flexibility index (Phi) is 23.1. The zero-order valence-corrected chi connectivity index (χ0v) is 23.8. The third kappa shape index (κ3) is 17.3. The molecule has 7 heteroatoms. The van der Waals surface area contributed by atoms with Crippen molar-refractivity contribution in [3.8, 4) is 0 Å². The van der Waals surface area contributed by atoms with E-state index in [9.17, 15) is 14.4 Å². The first kappa shape index (κ1) is 46.5. The topological polar surface area (TPSA) is 93.1 Å². The second kappa shape index (κ2) is 18.9. The molecule has 2 fully saturated rings. The number of amides is 1. The number of hydrogen-bond donors (Lipinski definition) is 1. The number of ether oxygens (including phenoxy) is 2. The fourth-order valence-electron chi connectivity index (χ4n) is 3.71. The molecule has 2 rings (SSSR count). The lowest BCUT2D eigenvalue weighted by molar-refractivity contribution is -0.151. The molecule has 4 atom stereocenters. The highest BCUT2D eigenvalue weighted by atomic mass is 16.5. The molecule has 38 heavy (non-hydrogen) atoms. The van der Waals surface area contributed by atoms with Crippen molar-refractivity contribution in [2.24, 2.45) is 16.2 Å². The Morgan fingerprint density at radius 3 is 1.45 bits per heavy atom. The molecular formula is C31H67NO6. The summed E-state index contributed by atoms with van der Waals surface area (Å²) in [5.41, 5.74) is -0.931. The maximum atomic E-state index is 12.0. The number of aliphatic hydroxyl groups is 1. The summed E-state index contributed by atoms with van der Waals surface area (Å²) in [6.45, 7) is 24.8. The number of carbonyl (C=O) groups excluding carboxylic acids is 3. The Morgan fingerprint density at radius 2 is 1.21 bits per heavy atom. The minimum Gasteiger partial charge on any atom is -0.386 e. The van der Waals surface area contributed by atoms with Crippen LogP contribution in [-0.2, 0) is 23.9 Å². The lowest BCUT2D eigenvalue weighted by atomic mass is 9.87. The Hall–Kier alpha value is -1.31. The molecule has 0 bridgehead atoms. The highest BCUT2D eigenvalue weighted by molar-refractivity contribution is 5.88. The summed E-state index contributed by atoms with van der Waals surface area (Å²) in [5.74, 6) is 0.358. The van der Waals surface area contributed by atoms with E-state index in [0.29, 0.717) is 0 Å². The van der Waals surface area contributed by atoms with Crippen LogP contribution >= 0.6 is 0 Å². The van der Waals surface area contributed by atoms with Crippen LogP contribution in [0, 0.1) is 16.2 Å². The van der Waals surface area contributed by atoms with Crippen LogP contribution in [0.1, 0.15) is 126 Å². The van der Waals surface area contributed by atoms with Crippen LogP contribution < -0.4 is 0 Å². The minimum atomic E-state index is -0.829. The summed E-state index contributed by atoms with van der Waals surface area (Å²) in [4.78, 5) is 36.4. The molecular weight excluding hydrogens is 482 g/mol. The molecule has 1 N–H and O–H groups in total. The second-order valence-electron chi connectivity index (χ2n) is 12.6. The van der Waals surface area contributed by atoms with E-state index in [0.717, 1.165) is 32.5 Å². The van der Waals surface area contributed by atoms with Crippen molar-refractivity contribution >= 4 is 17.5 Å². The smallest absolute Gasteiger partial charge is 0.228 e. The highest BCUT2D eigenvalue weighted by Gasteiger charge is 2.33. The van der Waals surface area contributed by atoms with Crippen molar-refractivity contribution < 1.29 is 29.0 Å². The molecule has 7 nitrogen and oxygen atoms in total. The lowest BCUT2D eigenvalue weighted by Crippen LogP contribution is -2.51. The van der Waals surface area contributed by atoms with Crippen LogP contribution in [0.4, 0.5) is 0 Å². The van der Waals surface area contributed by atoms with Crippen molar-refractivity contribution in [1.82, 2.24) is 4.90 Å². The zero-order valence-electron chi connectivity index (χ0n) is 23.8. The maximum absolute atomic E-state index is 12.0. The summed E-state index contributed by atoms with van der Waals surface area (Å²) in [7, 11) is 0. The van der Waals surface area contributed by atoms with Crippen molar-refractivity contribution in [2.75, 3.05) is 19.7 Å². The van der Waals surface area contributed by atoms with Gasteiger partial charge in [-0.15, -0.1) is 0 Å². The molecule has 0 radical (unpaired) electrons. The molecule has 2 aliphatic heterocycles. The average Bonchev–Trinajstić information content (AvgIpc) is 3.18. The summed E-state index contributed by atoms with van der Waals surface area (Å²) in [5, 5.41) is 8.81. The number of aliphatic hydroxyl groups excluding tert-OH is 1. The predicted molar refractivity (Wildman–Crippen MR) is 163 cm³/mol. The van der Waals surface area contributed by atoms with Gasteiger partial charge in [-0.2, -0.15) is 0 Å². The van der Waals surface area contributed by atoms with Gasteiger partial charge in [0.25, 0.3) is 0 Å². The second-order valence-corrected chi connectivity index (χ2v) is 12.6. The van der Waals surface area contributed by atoms with Crippen LogP contribution in [0.25, 0.3) is 0 Å². The molecule has 232 valence electrons. The molecule has 1 amide bonds. The largest absolute Gasteiger partial charge is 0.386 e. The lowest BCUT2D eigenvalue weighted by Gasteiger charge is -2.38. The van der Waals surface area contributed by atoms with Gasteiger partial charge in [-0.3, -0.25) is 14.4 Å². The van der Waals surface area contributed by atoms with Gasteiger partial charge in [0, 0.05) is 35.9 Å². The van der Waals surface area contributed by atoms with Gasteiger partial charge in [-0.25, -0.2) is 0 Å². The number of hydrogen-bond acceptors (Lipinski definition) is 6. The van der Waals surface area contributed by atoms with Crippen LogP contribution in [0.2, 0.25) is 0 Å². The van der Waals surface area contributed by atoms with Crippen LogP contribution in [0.3, 0.4) is 0 Å². The van der Waals surface area contributed by atoms with Gasteiger partial charge in [0.2, 0.25) is 5.91 Å². The summed E-state index contributed by atoms with van der Waals surface area (Å²) < 4.78 is 10.9. The monoisotopic (exact) mass is 549 g/mol. The molecule has 0 aromatic heterocycles. The minimum absolute atomic E-state index is 0. The van der Waals surface area contributed by atoms with Gasteiger partial charge in [-0.1, -0.05) is 92.0 Å². The number of nitrogens with zero attached hydrogens (tertiary/aromatic N) is 1. The molecule has 2 aliphatic rings. The van der Waals surface area contributed by atoms with Gasteiger partial charge in [0.15, 0.2) is 11.6 Å². The van der Waals surface area contributed by atoms with Gasteiger partial charge in [0.1, 0.15) is 12.2 Å². The number of rotatable bonds is 2. The van der Waals surface area contributed by atoms with E-state index in [-0.39, 0.29) is 76.3 Å². The number of ketones is 2. The SMILES string of the molecule is C.C.C.C.CC(C)(C)C(=O)C1CCCO1.C[C@@H]1CN(C(=O)C(C)(C)C)C[C@H](C)O1.C[C@H](O)C(=O)C(C)(C)C. The Morgan fingerprint density at radius 1 is 0.789 bits per heavy atom. The van der Waals surface area contributed by atoms with Crippen molar-refractivity contribution in [1.29, 1.82) is 0 Å². The van der Waals surface area contributed by atoms with Crippen LogP contribution in [0.15, 0.2) is 0 Å². The third-order valence-corrected chi connectivity index (χ3v) is 5.43. The quantitative estimate of drug-likeness (QED) is 0.399. The first-order chi connectivity index (χ1) is 15.2. The normalized spacial score (nSPS) is 21.7. The average molecular weight is 550 g/mol. The molecule has 0 saturated carbocycles. The molecule has 0 aromatic carbocycles. The Balaban J connectivity index is -0.000000139.